The van der Waals surface area contributed by atoms with E-state index in [4.69, 9.17) is 4.74 Å². The highest BCUT2D eigenvalue weighted by molar-refractivity contribution is 7.89. The van der Waals surface area contributed by atoms with Gasteiger partial charge in [-0.25, -0.2) is 18.1 Å². The van der Waals surface area contributed by atoms with E-state index in [-0.39, 0.29) is 30.4 Å². The molecule has 1 N–H and O–H groups in total. The molecule has 0 atom stereocenters. The Morgan fingerprint density at radius 1 is 1.06 bits per heavy atom. The van der Waals surface area contributed by atoms with Crippen molar-refractivity contribution >= 4 is 38.4 Å². The molecule has 10 heteroatoms. The second-order valence-corrected chi connectivity index (χ2v) is 10.2. The number of carbonyl (C=O) groups excluding carboxylic acids is 2. The molecule has 0 bridgehead atoms. The van der Waals surface area contributed by atoms with E-state index in [1.165, 1.54) is 23.2 Å². The van der Waals surface area contributed by atoms with Gasteiger partial charge in [-0.15, -0.1) is 11.3 Å². The first kappa shape index (κ1) is 26.0. The Hall–Kier alpha value is -2.30. The molecule has 2 aromatic rings. The molecule has 0 aliphatic heterocycles. The van der Waals surface area contributed by atoms with E-state index in [0.717, 1.165) is 16.7 Å². The molecule has 0 radical (unpaired) electrons. The number of hydrogen-bond donors (Lipinski definition) is 1. The summed E-state index contributed by atoms with van der Waals surface area (Å²) in [7, 11) is -3.77. The number of nitrogens with zero attached hydrogens (tertiary/aromatic N) is 2. The maximum Gasteiger partial charge on any atom is 0.307 e. The van der Waals surface area contributed by atoms with Gasteiger partial charge in [-0.05, 0) is 69.4 Å². The molecule has 0 fully saturated rings. The first-order valence-electron chi connectivity index (χ1n) is 10.3. The number of benzene rings is 1. The highest BCUT2D eigenvalue weighted by Crippen LogP contribution is 2.29. The normalized spacial score (nSPS) is 11.5. The van der Waals surface area contributed by atoms with Crippen molar-refractivity contribution in [1.82, 2.24) is 9.71 Å². The quantitative estimate of drug-likeness (QED) is 0.550. The van der Waals surface area contributed by atoms with Crippen LogP contribution in [0.1, 0.15) is 53.8 Å². The topological polar surface area (TPSA) is 106 Å². The second kappa shape index (κ2) is 10.5. The SMILES string of the molecule is CCN(C(C)=O)c1nc(COC(=O)CCNS(=O)(=O)c2c(C)c(C)c(C)c(C)c2C)cs1. The number of nitrogens with one attached hydrogen (secondary N) is 1. The van der Waals surface area contributed by atoms with Gasteiger partial charge in [-0.3, -0.25) is 14.5 Å². The highest BCUT2D eigenvalue weighted by Gasteiger charge is 2.23. The lowest BCUT2D eigenvalue weighted by atomic mass is 9.95. The first-order chi connectivity index (χ1) is 14.9. The number of anilines is 1. The molecule has 1 aromatic carbocycles. The van der Waals surface area contributed by atoms with Gasteiger partial charge in [-0.2, -0.15) is 0 Å². The molecule has 2 rings (SSSR count). The standard InChI is InChI=1S/C22H31N3O5S2/c1-8-25(18(7)26)22-24-19(12-31-22)11-30-20(27)9-10-23-32(28,29)21-16(5)14(3)13(2)15(4)17(21)6/h12,23H,8-11H2,1-7H3. The number of ether oxygens (including phenoxy) is 1. The third-order valence-electron chi connectivity index (χ3n) is 5.67. The smallest absolute Gasteiger partial charge is 0.307 e. The molecule has 0 aliphatic carbocycles. The zero-order chi connectivity index (χ0) is 24.2. The number of esters is 1. The Labute approximate surface area is 194 Å². The van der Waals surface area contributed by atoms with Gasteiger partial charge in [0.2, 0.25) is 15.9 Å². The van der Waals surface area contributed by atoms with Gasteiger partial charge >= 0.3 is 5.97 Å². The van der Waals surface area contributed by atoms with Crippen molar-refractivity contribution in [3.05, 3.63) is 38.9 Å². The summed E-state index contributed by atoms with van der Waals surface area (Å²) in [4.78, 5) is 29.8. The Morgan fingerprint density at radius 3 is 2.16 bits per heavy atom. The zero-order valence-electron chi connectivity index (χ0n) is 19.7. The van der Waals surface area contributed by atoms with Crippen LogP contribution in [0.25, 0.3) is 0 Å². The van der Waals surface area contributed by atoms with Crippen LogP contribution < -0.4 is 9.62 Å². The summed E-state index contributed by atoms with van der Waals surface area (Å²) in [6.07, 6.45) is -0.104. The number of thiazole rings is 1. The predicted molar refractivity (Wildman–Crippen MR) is 126 cm³/mol. The molecule has 0 saturated carbocycles. The minimum Gasteiger partial charge on any atom is -0.459 e. The summed E-state index contributed by atoms with van der Waals surface area (Å²) >= 11 is 1.30. The van der Waals surface area contributed by atoms with Crippen LogP contribution in [0, 0.1) is 34.6 Å². The Kier molecular flexibility index (Phi) is 8.55. The van der Waals surface area contributed by atoms with E-state index < -0.39 is 16.0 Å². The summed E-state index contributed by atoms with van der Waals surface area (Å²) < 4.78 is 33.5. The van der Waals surface area contributed by atoms with Crippen LogP contribution >= 0.6 is 11.3 Å². The van der Waals surface area contributed by atoms with Crippen molar-refractivity contribution in [2.75, 3.05) is 18.0 Å². The minimum absolute atomic E-state index is 0.0356. The van der Waals surface area contributed by atoms with Gasteiger partial charge < -0.3 is 4.74 Å². The fourth-order valence-electron chi connectivity index (χ4n) is 3.43. The Morgan fingerprint density at radius 2 is 1.62 bits per heavy atom. The number of hydrogen-bond acceptors (Lipinski definition) is 7. The van der Waals surface area contributed by atoms with Crippen LogP contribution in [0.3, 0.4) is 0 Å². The average molecular weight is 482 g/mol. The number of rotatable bonds is 9. The Balaban J connectivity index is 1.95. The minimum atomic E-state index is -3.77. The lowest BCUT2D eigenvalue weighted by molar-refractivity contribution is -0.144. The van der Waals surface area contributed by atoms with E-state index in [2.05, 4.69) is 9.71 Å². The van der Waals surface area contributed by atoms with Gasteiger partial charge in [0.1, 0.15) is 6.61 Å². The predicted octanol–water partition coefficient (Wildman–Crippen LogP) is 3.47. The summed E-state index contributed by atoms with van der Waals surface area (Å²) in [5.74, 6) is -0.645. The summed E-state index contributed by atoms with van der Waals surface area (Å²) in [5.41, 5.74) is 4.94. The van der Waals surface area contributed by atoms with E-state index in [1.54, 1.807) is 19.2 Å². The lowest BCUT2D eigenvalue weighted by Gasteiger charge is -2.19. The third kappa shape index (κ3) is 5.73. The number of sulfonamides is 1. The molecule has 0 saturated heterocycles. The van der Waals surface area contributed by atoms with Crippen molar-refractivity contribution < 1.29 is 22.7 Å². The molecular weight excluding hydrogens is 450 g/mol. The summed E-state index contributed by atoms with van der Waals surface area (Å²) in [6.45, 7) is 13.1. The molecule has 1 heterocycles. The maximum absolute atomic E-state index is 12.9. The zero-order valence-corrected chi connectivity index (χ0v) is 21.3. The summed E-state index contributed by atoms with van der Waals surface area (Å²) in [6, 6.07) is 0. The highest BCUT2D eigenvalue weighted by atomic mass is 32.2. The van der Waals surface area contributed by atoms with E-state index in [0.29, 0.717) is 28.5 Å². The number of aromatic nitrogens is 1. The van der Waals surface area contributed by atoms with Crippen molar-refractivity contribution in [2.45, 2.75) is 66.4 Å². The number of amides is 1. The monoisotopic (exact) mass is 481 g/mol. The molecule has 1 amide bonds. The van der Waals surface area contributed by atoms with Crippen molar-refractivity contribution in [3.63, 3.8) is 0 Å². The number of carbonyl (C=O) groups is 2. The molecule has 176 valence electrons. The summed E-state index contributed by atoms with van der Waals surface area (Å²) in [5, 5.41) is 2.28. The average Bonchev–Trinajstić information content (AvgIpc) is 3.18. The molecule has 1 aromatic heterocycles. The fourth-order valence-corrected chi connectivity index (χ4v) is 5.98. The van der Waals surface area contributed by atoms with Gasteiger partial charge in [-0.1, -0.05) is 0 Å². The fraction of sp³-hybridized carbons (Fsp3) is 0.500. The second-order valence-electron chi connectivity index (χ2n) is 7.65. The van der Waals surface area contributed by atoms with Crippen LogP contribution in [-0.2, 0) is 31.0 Å². The van der Waals surface area contributed by atoms with Crippen LogP contribution in [0.4, 0.5) is 5.13 Å². The molecule has 0 aliphatic rings. The van der Waals surface area contributed by atoms with E-state index in [1.807, 2.05) is 27.7 Å². The van der Waals surface area contributed by atoms with Crippen LogP contribution in [-0.4, -0.2) is 38.4 Å². The van der Waals surface area contributed by atoms with Crippen molar-refractivity contribution in [1.29, 1.82) is 0 Å². The molecule has 0 spiro atoms. The van der Waals surface area contributed by atoms with Gasteiger partial charge in [0, 0.05) is 25.4 Å². The van der Waals surface area contributed by atoms with Gasteiger partial charge in [0.05, 0.1) is 17.0 Å². The van der Waals surface area contributed by atoms with Crippen molar-refractivity contribution in [2.24, 2.45) is 0 Å². The van der Waals surface area contributed by atoms with E-state index in [9.17, 15) is 18.0 Å². The molecule has 32 heavy (non-hydrogen) atoms. The lowest BCUT2D eigenvalue weighted by Crippen LogP contribution is -2.28. The van der Waals surface area contributed by atoms with Crippen LogP contribution in [0.5, 0.6) is 0 Å². The molecule has 0 unspecified atom stereocenters. The first-order valence-corrected chi connectivity index (χ1v) is 12.7. The molecule has 8 nitrogen and oxygen atoms in total. The van der Waals surface area contributed by atoms with Gasteiger partial charge in [0.15, 0.2) is 5.13 Å². The largest absolute Gasteiger partial charge is 0.459 e. The van der Waals surface area contributed by atoms with Crippen LogP contribution in [0.2, 0.25) is 0 Å². The van der Waals surface area contributed by atoms with Crippen molar-refractivity contribution in [3.8, 4) is 0 Å². The molecular formula is C22H31N3O5S2. The van der Waals surface area contributed by atoms with E-state index >= 15 is 0 Å². The Bertz CT molecular complexity index is 1090. The van der Waals surface area contributed by atoms with Gasteiger partial charge in [0.25, 0.3) is 0 Å². The maximum atomic E-state index is 12.9. The van der Waals surface area contributed by atoms with Crippen LogP contribution in [0.15, 0.2) is 10.3 Å². The third-order valence-corrected chi connectivity index (χ3v) is 8.32.